The minimum Gasteiger partial charge on any atom is -0.378 e. The van der Waals surface area contributed by atoms with Crippen molar-refractivity contribution in [1.82, 2.24) is 24.9 Å². The van der Waals surface area contributed by atoms with Crippen molar-refractivity contribution in [2.75, 3.05) is 31.2 Å². The molecular weight excluding hydrogens is 436 g/mol. The van der Waals surface area contributed by atoms with Crippen LogP contribution < -0.4 is 4.90 Å². The van der Waals surface area contributed by atoms with Crippen LogP contribution in [0.1, 0.15) is 23.9 Å². The van der Waals surface area contributed by atoms with Crippen LogP contribution in [-0.4, -0.2) is 51.2 Å². The quantitative estimate of drug-likeness (QED) is 0.376. The maximum atomic E-state index is 5.52. The van der Waals surface area contributed by atoms with Gasteiger partial charge in [0.2, 0.25) is 17.7 Å². The molecule has 4 aromatic rings. The van der Waals surface area contributed by atoms with Gasteiger partial charge in [0.1, 0.15) is 0 Å². The molecule has 0 spiro atoms. The van der Waals surface area contributed by atoms with Crippen molar-refractivity contribution in [2.24, 2.45) is 0 Å². The molecule has 170 valence electrons. The molecule has 3 heterocycles. The number of morpholine rings is 1. The van der Waals surface area contributed by atoms with E-state index in [1.165, 1.54) is 22.9 Å². The topological polar surface area (TPSA) is 82.1 Å². The van der Waals surface area contributed by atoms with E-state index in [-0.39, 0.29) is 0 Å². The normalized spacial score (nSPS) is 14.1. The lowest BCUT2D eigenvalue weighted by Gasteiger charge is -2.28. The highest BCUT2D eigenvalue weighted by molar-refractivity contribution is 7.98. The molecule has 2 aromatic carbocycles. The maximum absolute atomic E-state index is 5.52. The highest BCUT2D eigenvalue weighted by Crippen LogP contribution is 2.30. The average molecular weight is 463 g/mol. The van der Waals surface area contributed by atoms with Crippen LogP contribution in [0, 0.1) is 6.92 Å². The third-order valence-corrected chi connectivity index (χ3v) is 6.50. The summed E-state index contributed by atoms with van der Waals surface area (Å²) in [7, 11) is 0. The van der Waals surface area contributed by atoms with Crippen LogP contribution >= 0.6 is 11.8 Å². The molecule has 33 heavy (non-hydrogen) atoms. The lowest BCUT2D eigenvalue weighted by atomic mass is 10.1. The predicted octanol–water partition coefficient (Wildman–Crippen LogP) is 4.32. The van der Waals surface area contributed by atoms with Crippen LogP contribution in [0.4, 0.5) is 5.95 Å². The van der Waals surface area contributed by atoms with Crippen molar-refractivity contribution in [3.05, 3.63) is 65.5 Å². The number of benzene rings is 2. The van der Waals surface area contributed by atoms with Gasteiger partial charge in [0.25, 0.3) is 0 Å². The number of rotatable bonds is 7. The minimum atomic E-state index is 0.507. The lowest BCUT2D eigenvalue weighted by molar-refractivity contribution is 0.122. The molecule has 1 fully saturated rings. The fraction of sp³-hybridized carbons (Fsp3) is 0.333. The fourth-order valence-corrected chi connectivity index (χ4v) is 4.55. The van der Waals surface area contributed by atoms with Gasteiger partial charge in [-0.1, -0.05) is 60.2 Å². The van der Waals surface area contributed by atoms with Gasteiger partial charge in [0.05, 0.1) is 24.7 Å². The van der Waals surface area contributed by atoms with Gasteiger partial charge in [-0.15, -0.1) is 10.2 Å². The molecule has 9 heteroatoms. The number of thioether (sulfide) groups is 1. The number of aryl methyl sites for hydroxylation is 2. The van der Waals surface area contributed by atoms with Crippen LogP contribution in [0.2, 0.25) is 0 Å². The Morgan fingerprint density at radius 2 is 1.85 bits per heavy atom. The summed E-state index contributed by atoms with van der Waals surface area (Å²) in [6.07, 6.45) is 1.00. The van der Waals surface area contributed by atoms with E-state index >= 15 is 0 Å². The molecule has 0 unspecified atom stereocenters. The second-order valence-corrected chi connectivity index (χ2v) is 8.85. The molecule has 0 saturated carbocycles. The molecule has 8 nitrogen and oxygen atoms in total. The van der Waals surface area contributed by atoms with E-state index in [4.69, 9.17) is 9.26 Å². The molecule has 0 aliphatic carbocycles. The Hall–Kier alpha value is -3.17. The van der Waals surface area contributed by atoms with Crippen molar-refractivity contribution >= 4 is 17.7 Å². The summed E-state index contributed by atoms with van der Waals surface area (Å²) in [5.41, 5.74) is 4.45. The predicted molar refractivity (Wildman–Crippen MR) is 128 cm³/mol. The Kier molecular flexibility index (Phi) is 6.41. The zero-order valence-corrected chi connectivity index (χ0v) is 19.6. The summed E-state index contributed by atoms with van der Waals surface area (Å²) in [5.74, 6) is 2.49. The molecule has 0 radical (unpaired) electrons. The smallest absolute Gasteiger partial charge is 0.237 e. The second-order valence-electron chi connectivity index (χ2n) is 7.91. The van der Waals surface area contributed by atoms with Gasteiger partial charge < -0.3 is 14.2 Å². The number of hydrogen-bond acceptors (Lipinski definition) is 8. The SMILES string of the molecule is CCc1ccc(-c2noc(CSc3nnc(N4CCOCC4)n3-c3cccc(C)c3)n2)cc1. The van der Waals surface area contributed by atoms with Crippen LogP contribution in [0.25, 0.3) is 17.1 Å². The van der Waals surface area contributed by atoms with Crippen LogP contribution in [-0.2, 0) is 16.9 Å². The first-order chi connectivity index (χ1) is 16.2. The summed E-state index contributed by atoms with van der Waals surface area (Å²) < 4.78 is 13.1. The molecule has 0 bridgehead atoms. The highest BCUT2D eigenvalue weighted by atomic mass is 32.2. The monoisotopic (exact) mass is 462 g/mol. The molecule has 0 N–H and O–H groups in total. The van der Waals surface area contributed by atoms with Gasteiger partial charge in [-0.05, 0) is 36.6 Å². The van der Waals surface area contributed by atoms with E-state index in [0.717, 1.165) is 41.9 Å². The maximum Gasteiger partial charge on any atom is 0.237 e. The summed E-state index contributed by atoms with van der Waals surface area (Å²) in [4.78, 5) is 6.80. The molecule has 2 aromatic heterocycles. The molecular formula is C24H26N6O2S. The molecule has 1 aliphatic rings. The van der Waals surface area contributed by atoms with Gasteiger partial charge in [-0.2, -0.15) is 4.98 Å². The zero-order valence-electron chi connectivity index (χ0n) is 18.8. The number of anilines is 1. The number of hydrogen-bond donors (Lipinski definition) is 0. The Morgan fingerprint density at radius 1 is 1.03 bits per heavy atom. The zero-order chi connectivity index (χ0) is 22.6. The summed E-state index contributed by atoms with van der Waals surface area (Å²) >= 11 is 1.54. The first-order valence-corrected chi connectivity index (χ1v) is 12.1. The van der Waals surface area contributed by atoms with Gasteiger partial charge in [-0.3, -0.25) is 4.57 Å². The molecule has 1 saturated heterocycles. The number of ether oxygens (including phenoxy) is 1. The Labute approximate surface area is 197 Å². The summed E-state index contributed by atoms with van der Waals surface area (Å²) in [6.45, 7) is 7.18. The lowest BCUT2D eigenvalue weighted by Crippen LogP contribution is -2.37. The average Bonchev–Trinajstić information content (AvgIpc) is 3.51. The molecule has 0 amide bonds. The minimum absolute atomic E-state index is 0.507. The van der Waals surface area contributed by atoms with E-state index < -0.39 is 0 Å². The first kappa shape index (κ1) is 21.7. The van der Waals surface area contributed by atoms with Gasteiger partial charge in [0, 0.05) is 18.7 Å². The van der Waals surface area contributed by atoms with Gasteiger partial charge >= 0.3 is 0 Å². The van der Waals surface area contributed by atoms with Crippen LogP contribution in [0.15, 0.2) is 58.2 Å². The largest absolute Gasteiger partial charge is 0.378 e. The first-order valence-electron chi connectivity index (χ1n) is 11.1. The molecule has 5 rings (SSSR count). The van der Waals surface area contributed by atoms with Crippen molar-refractivity contribution in [2.45, 2.75) is 31.2 Å². The summed E-state index contributed by atoms with van der Waals surface area (Å²) in [5, 5.41) is 14.0. The van der Waals surface area contributed by atoms with Crippen molar-refractivity contribution in [3.8, 4) is 17.1 Å². The Balaban J connectivity index is 1.38. The van der Waals surface area contributed by atoms with Crippen molar-refractivity contribution < 1.29 is 9.26 Å². The third-order valence-electron chi connectivity index (χ3n) is 5.58. The van der Waals surface area contributed by atoms with E-state index in [0.29, 0.717) is 30.7 Å². The van der Waals surface area contributed by atoms with E-state index in [1.807, 2.05) is 12.1 Å². The standard InChI is InChI=1S/C24H26N6O2S/c1-3-18-7-9-19(10-8-18)22-25-21(32-28-22)16-33-24-27-26-23(29-11-13-31-14-12-29)30(24)20-6-4-5-17(2)15-20/h4-10,15H,3,11-14,16H2,1-2H3. The second kappa shape index (κ2) is 9.76. The third kappa shape index (κ3) is 4.79. The Bertz CT molecular complexity index is 1210. The van der Waals surface area contributed by atoms with Gasteiger partial charge in [-0.25, -0.2) is 0 Å². The van der Waals surface area contributed by atoms with Gasteiger partial charge in [0.15, 0.2) is 5.16 Å². The molecule has 0 atom stereocenters. The number of nitrogens with zero attached hydrogens (tertiary/aromatic N) is 6. The van der Waals surface area contributed by atoms with Crippen LogP contribution in [0.3, 0.4) is 0 Å². The Morgan fingerprint density at radius 3 is 2.61 bits per heavy atom. The van der Waals surface area contributed by atoms with E-state index in [1.54, 1.807) is 0 Å². The summed E-state index contributed by atoms with van der Waals surface area (Å²) in [6, 6.07) is 16.6. The van der Waals surface area contributed by atoms with Crippen molar-refractivity contribution in [1.29, 1.82) is 0 Å². The fourth-order valence-electron chi connectivity index (χ4n) is 3.76. The van der Waals surface area contributed by atoms with E-state index in [9.17, 15) is 0 Å². The molecule has 1 aliphatic heterocycles. The highest BCUT2D eigenvalue weighted by Gasteiger charge is 2.22. The van der Waals surface area contributed by atoms with E-state index in [2.05, 4.69) is 80.1 Å². The van der Waals surface area contributed by atoms with Crippen molar-refractivity contribution in [3.63, 3.8) is 0 Å². The number of aromatic nitrogens is 5. The van der Waals surface area contributed by atoms with Crippen LogP contribution in [0.5, 0.6) is 0 Å².